The fraction of sp³-hybridized carbons (Fsp3) is 0.143. The number of carbonyl (C=O) groups excluding carboxylic acids is 1. The zero-order valence-electron chi connectivity index (χ0n) is 11.8. The Morgan fingerprint density at radius 2 is 1.87 bits per heavy atom. The van der Waals surface area contributed by atoms with Crippen molar-refractivity contribution in [2.45, 2.75) is 12.3 Å². The second kappa shape index (κ2) is 7.16. The average Bonchev–Trinajstić information content (AvgIpc) is 2.44. The summed E-state index contributed by atoms with van der Waals surface area (Å²) in [5.41, 5.74) is 6.29. The summed E-state index contributed by atoms with van der Waals surface area (Å²) in [5.74, 6) is -0.904. The molecule has 0 fully saturated rings. The van der Waals surface area contributed by atoms with Gasteiger partial charge in [-0.2, -0.15) is 0 Å². The van der Waals surface area contributed by atoms with E-state index in [1.54, 1.807) is 18.2 Å². The van der Waals surface area contributed by atoms with Gasteiger partial charge in [0.2, 0.25) is 0 Å². The van der Waals surface area contributed by atoms with Crippen LogP contribution < -0.4 is 11.2 Å². The highest BCUT2D eigenvalue weighted by Gasteiger charge is 2.11. The molecule has 1 aromatic carbocycles. The molecule has 0 aliphatic carbocycles. The lowest BCUT2D eigenvalue weighted by atomic mass is 10.1. The lowest BCUT2D eigenvalue weighted by Crippen LogP contribution is -2.30. The molecule has 2 rings (SSSR count). The van der Waals surface area contributed by atoms with E-state index in [0.717, 1.165) is 0 Å². The predicted molar refractivity (Wildman–Crippen MR) is 88.4 cm³/mol. The van der Waals surface area contributed by atoms with Crippen molar-refractivity contribution in [2.75, 3.05) is 0 Å². The van der Waals surface area contributed by atoms with Gasteiger partial charge in [0.25, 0.3) is 5.91 Å². The highest BCUT2D eigenvalue weighted by Crippen LogP contribution is 2.18. The number of thiol groups is 1. The summed E-state index contributed by atoms with van der Waals surface area (Å²) in [5, 5.41) is 8.72. The molecule has 0 atom stereocenters. The van der Waals surface area contributed by atoms with Crippen LogP contribution in [0.25, 0.3) is 0 Å². The fourth-order valence-electron chi connectivity index (χ4n) is 2.14. The number of nitrogens with two attached hydrogens (primary N) is 1. The zero-order valence-corrected chi connectivity index (χ0v) is 14.2. The van der Waals surface area contributed by atoms with E-state index >= 15 is 0 Å². The van der Waals surface area contributed by atoms with Crippen molar-refractivity contribution in [3.8, 4) is 0 Å². The molecular weight excluding hydrogens is 361 g/mol. The van der Waals surface area contributed by atoms with E-state index in [1.165, 1.54) is 16.8 Å². The first kappa shape index (κ1) is 17.5. The molecule has 1 heterocycles. The van der Waals surface area contributed by atoms with Crippen molar-refractivity contribution in [1.29, 1.82) is 5.41 Å². The maximum absolute atomic E-state index is 11.4. The summed E-state index contributed by atoms with van der Waals surface area (Å²) < 4.78 is 23.4. The highest BCUT2D eigenvalue weighted by atomic mass is 35.5. The van der Waals surface area contributed by atoms with Crippen LogP contribution >= 0.6 is 23.2 Å². The van der Waals surface area contributed by atoms with E-state index in [0.29, 0.717) is 16.1 Å². The molecule has 0 saturated heterocycles. The number of halogens is 2. The number of pyridine rings is 1. The third-order valence-corrected chi connectivity index (χ3v) is 4.22. The Labute approximate surface area is 143 Å². The van der Waals surface area contributed by atoms with Gasteiger partial charge in [0.15, 0.2) is 0 Å². The van der Waals surface area contributed by atoms with Gasteiger partial charge in [-0.25, -0.2) is 8.42 Å². The van der Waals surface area contributed by atoms with Crippen LogP contribution in [-0.2, 0) is 23.0 Å². The van der Waals surface area contributed by atoms with E-state index in [1.807, 2.05) is 0 Å². The number of primary amides is 1. The number of amides is 1. The first-order chi connectivity index (χ1) is 10.8. The van der Waals surface area contributed by atoms with Crippen molar-refractivity contribution in [3.05, 3.63) is 62.7 Å². The van der Waals surface area contributed by atoms with Gasteiger partial charge >= 0.3 is 0 Å². The molecule has 0 bridgehead atoms. The molecule has 0 unspecified atom stereocenters. The minimum absolute atomic E-state index is 0.0176. The van der Waals surface area contributed by atoms with Gasteiger partial charge in [0.1, 0.15) is 16.2 Å². The summed E-state index contributed by atoms with van der Waals surface area (Å²) in [7, 11) is -2.61. The monoisotopic (exact) mass is 373 g/mol. The number of carbonyl (C=O) groups is 1. The molecular formula is C14H13Cl2N3O3S. The van der Waals surface area contributed by atoms with Crippen molar-refractivity contribution in [3.63, 3.8) is 0 Å². The molecule has 0 aliphatic heterocycles. The van der Waals surface area contributed by atoms with Crippen LogP contribution in [0.2, 0.25) is 10.0 Å². The topological polar surface area (TPSA) is 106 Å². The smallest absolute Gasteiger partial charge is 0.252 e. The molecule has 2 aromatic rings. The van der Waals surface area contributed by atoms with Crippen molar-refractivity contribution in [2.24, 2.45) is 5.73 Å². The van der Waals surface area contributed by atoms with Crippen LogP contribution in [-0.4, -0.2) is 18.9 Å². The largest absolute Gasteiger partial charge is 0.365 e. The second-order valence-corrected chi connectivity index (χ2v) is 6.67. The second-order valence-electron chi connectivity index (χ2n) is 4.82. The molecule has 0 saturated carbocycles. The number of nitrogens with one attached hydrogen (secondary N) is 1. The summed E-state index contributed by atoms with van der Waals surface area (Å²) >= 11 is 11.9. The fourth-order valence-corrected chi connectivity index (χ4v) is 3.15. The minimum atomic E-state index is -2.61. The van der Waals surface area contributed by atoms with Gasteiger partial charge in [0.05, 0.1) is 16.3 Å². The first-order valence-corrected chi connectivity index (χ1v) is 8.53. The molecule has 23 heavy (non-hydrogen) atoms. The summed E-state index contributed by atoms with van der Waals surface area (Å²) in [4.78, 5) is 11.4. The van der Waals surface area contributed by atoms with Crippen LogP contribution in [0, 0.1) is 5.41 Å². The maximum Gasteiger partial charge on any atom is 0.252 e. The zero-order chi connectivity index (χ0) is 17.1. The van der Waals surface area contributed by atoms with Crippen LogP contribution in [0.4, 0.5) is 0 Å². The Morgan fingerprint density at radius 1 is 1.17 bits per heavy atom. The van der Waals surface area contributed by atoms with Crippen LogP contribution in [0.1, 0.15) is 21.5 Å². The SMILES string of the molecule is N=c1c(C(N)=O)cc(Cl)cn1Cc1cc(Cl)ccc1C[SH](=O)=O. The summed E-state index contributed by atoms with van der Waals surface area (Å²) in [6, 6.07) is 6.15. The van der Waals surface area contributed by atoms with Gasteiger partial charge in [-0.1, -0.05) is 29.3 Å². The van der Waals surface area contributed by atoms with Crippen molar-refractivity contribution in [1.82, 2.24) is 4.57 Å². The Morgan fingerprint density at radius 3 is 2.48 bits per heavy atom. The Kier molecular flexibility index (Phi) is 5.46. The normalized spacial score (nSPS) is 10.9. The summed E-state index contributed by atoms with van der Waals surface area (Å²) in [6.45, 7) is 0.138. The average molecular weight is 374 g/mol. The highest BCUT2D eigenvalue weighted by molar-refractivity contribution is 7.71. The number of rotatable bonds is 5. The number of hydrogen-bond donors (Lipinski definition) is 3. The third kappa shape index (κ3) is 4.34. The number of nitrogens with zero attached hydrogens (tertiary/aromatic N) is 1. The van der Waals surface area contributed by atoms with E-state index in [9.17, 15) is 13.2 Å². The Hall–Kier alpha value is -1.83. The lowest BCUT2D eigenvalue weighted by molar-refractivity contribution is 0.0997. The van der Waals surface area contributed by atoms with Gasteiger partial charge in [-0.05, 0) is 29.3 Å². The maximum atomic E-state index is 11.4. The van der Waals surface area contributed by atoms with Gasteiger partial charge in [0, 0.05) is 17.8 Å². The Balaban J connectivity index is 2.53. The van der Waals surface area contributed by atoms with Gasteiger partial charge < -0.3 is 10.3 Å². The van der Waals surface area contributed by atoms with E-state index < -0.39 is 16.6 Å². The molecule has 122 valence electrons. The minimum Gasteiger partial charge on any atom is -0.365 e. The molecule has 1 amide bonds. The van der Waals surface area contributed by atoms with E-state index in [4.69, 9.17) is 34.3 Å². The van der Waals surface area contributed by atoms with Crippen LogP contribution in [0.15, 0.2) is 30.5 Å². The van der Waals surface area contributed by atoms with Crippen LogP contribution in [0.5, 0.6) is 0 Å². The number of benzene rings is 1. The van der Waals surface area contributed by atoms with E-state index in [-0.39, 0.29) is 28.4 Å². The predicted octanol–water partition coefficient (Wildman–Crippen LogP) is 1.53. The molecule has 0 radical (unpaired) electrons. The lowest BCUT2D eigenvalue weighted by Gasteiger charge is -2.13. The molecule has 0 aliphatic rings. The summed E-state index contributed by atoms with van der Waals surface area (Å²) in [6.07, 6.45) is 1.47. The molecule has 3 N–H and O–H groups in total. The first-order valence-electron chi connectivity index (χ1n) is 6.41. The third-order valence-electron chi connectivity index (χ3n) is 3.18. The van der Waals surface area contributed by atoms with Crippen molar-refractivity contribution >= 4 is 39.8 Å². The van der Waals surface area contributed by atoms with Gasteiger partial charge in [-0.15, -0.1) is 0 Å². The molecule has 0 spiro atoms. The standard InChI is InChI=1S/C14H13Cl2N3O3S/c15-10-2-1-8(7-23(21)22)9(3-10)5-19-6-11(16)4-12(13(19)17)14(18)20/h1-4,6,17,23H,5,7H2,(H2,18,20). The molecule has 1 aromatic heterocycles. The van der Waals surface area contributed by atoms with Crippen molar-refractivity contribution < 1.29 is 13.2 Å². The number of hydrogen-bond acceptors (Lipinski definition) is 4. The number of aromatic nitrogens is 1. The Bertz CT molecular complexity index is 899. The van der Waals surface area contributed by atoms with E-state index in [2.05, 4.69) is 0 Å². The quantitative estimate of drug-likeness (QED) is 0.691. The van der Waals surface area contributed by atoms with Gasteiger partial charge in [-0.3, -0.25) is 10.2 Å². The molecule has 9 heteroatoms. The molecule has 6 nitrogen and oxygen atoms in total. The van der Waals surface area contributed by atoms with Crippen LogP contribution in [0.3, 0.4) is 0 Å².